The lowest BCUT2D eigenvalue weighted by Crippen LogP contribution is -2.48. The van der Waals surface area contributed by atoms with E-state index in [1.54, 1.807) is 6.20 Å². The van der Waals surface area contributed by atoms with Crippen molar-refractivity contribution in [1.29, 1.82) is 0 Å². The molecule has 1 heterocycles. The average Bonchev–Trinajstić information content (AvgIpc) is 3.11. The Morgan fingerprint density at radius 2 is 1.43 bits per heavy atom. The maximum Gasteiger partial charge on any atom is 0.251 e. The van der Waals surface area contributed by atoms with Crippen LogP contribution in [0.2, 0.25) is 0 Å². The molecule has 0 bridgehead atoms. The molecule has 3 atom stereocenters. The second-order valence-electron chi connectivity index (χ2n) is 12.1. The number of nitrogens with one attached hydrogen (secondary N) is 3. The van der Waals surface area contributed by atoms with Crippen molar-refractivity contribution in [2.45, 2.75) is 38.1 Å². The zero-order chi connectivity index (χ0) is 35.0. The molecule has 11 heteroatoms. The lowest BCUT2D eigenvalue weighted by atomic mass is 10.00. The van der Waals surface area contributed by atoms with Crippen LogP contribution in [0.5, 0.6) is 0 Å². The Bertz CT molecular complexity index is 2010. The van der Waals surface area contributed by atoms with Crippen molar-refractivity contribution in [3.63, 3.8) is 0 Å². The van der Waals surface area contributed by atoms with E-state index in [2.05, 4.69) is 20.9 Å². The highest BCUT2D eigenvalue weighted by Crippen LogP contribution is 2.22. The van der Waals surface area contributed by atoms with Gasteiger partial charge in [0.1, 0.15) is 0 Å². The molecule has 0 unspecified atom stereocenters. The minimum Gasteiger partial charge on any atom is -0.390 e. The maximum absolute atomic E-state index is 13.9. The third kappa shape index (κ3) is 9.50. The Hall–Kier alpha value is -5.10. The molecule has 5 rings (SSSR count). The summed E-state index contributed by atoms with van der Waals surface area (Å²) in [5.74, 6) is -1.03. The number of carbonyl (C=O) groups excluding carboxylic acids is 2. The third-order valence-electron chi connectivity index (χ3n) is 8.36. The van der Waals surface area contributed by atoms with Gasteiger partial charge in [-0.05, 0) is 60.4 Å². The van der Waals surface area contributed by atoms with Crippen molar-refractivity contribution >= 4 is 38.4 Å². The number of aliphatic hydroxyl groups excluding tert-OH is 1. The Kier molecular flexibility index (Phi) is 11.4. The largest absolute Gasteiger partial charge is 0.390 e. The molecular formula is C38H41N5O5S. The molecule has 0 fully saturated rings. The number of rotatable bonds is 14. The molecule has 5 aromatic rings. The van der Waals surface area contributed by atoms with E-state index in [0.29, 0.717) is 13.0 Å². The van der Waals surface area contributed by atoms with Gasteiger partial charge in [0.15, 0.2) is 0 Å². The monoisotopic (exact) mass is 679 g/mol. The number of aromatic nitrogens is 1. The molecule has 10 nitrogen and oxygen atoms in total. The summed E-state index contributed by atoms with van der Waals surface area (Å²) in [5.41, 5.74) is 3.99. The second-order valence-corrected chi connectivity index (χ2v) is 14.1. The highest BCUT2D eigenvalue weighted by molar-refractivity contribution is 7.92. The van der Waals surface area contributed by atoms with E-state index in [1.807, 2.05) is 97.9 Å². The van der Waals surface area contributed by atoms with E-state index in [1.165, 1.54) is 25.2 Å². The van der Waals surface area contributed by atoms with Crippen molar-refractivity contribution in [2.24, 2.45) is 0 Å². The second kappa shape index (κ2) is 15.9. The van der Waals surface area contributed by atoms with E-state index in [9.17, 15) is 23.1 Å². The van der Waals surface area contributed by atoms with Gasteiger partial charge in [-0.3, -0.25) is 18.9 Å². The van der Waals surface area contributed by atoms with Gasteiger partial charge in [0.05, 0.1) is 35.6 Å². The first kappa shape index (κ1) is 35.2. The normalized spacial score (nSPS) is 13.3. The van der Waals surface area contributed by atoms with E-state index < -0.39 is 34.0 Å². The van der Waals surface area contributed by atoms with Gasteiger partial charge in [-0.15, -0.1) is 0 Å². The average molecular weight is 680 g/mol. The maximum atomic E-state index is 13.9. The topological polar surface area (TPSA) is 141 Å². The van der Waals surface area contributed by atoms with E-state index in [4.69, 9.17) is 0 Å². The summed E-state index contributed by atoms with van der Waals surface area (Å²) in [5, 5.41) is 21.5. The van der Waals surface area contributed by atoms with Gasteiger partial charge in [-0.2, -0.15) is 0 Å². The van der Waals surface area contributed by atoms with Crippen LogP contribution in [0, 0.1) is 0 Å². The summed E-state index contributed by atoms with van der Waals surface area (Å²) >= 11 is 0. The van der Waals surface area contributed by atoms with Crippen molar-refractivity contribution < 1.29 is 23.1 Å². The number of benzene rings is 4. The summed E-state index contributed by atoms with van der Waals surface area (Å²) in [6.45, 7) is 2.47. The fourth-order valence-corrected chi connectivity index (χ4v) is 5.96. The molecule has 1 aromatic heterocycles. The number of nitrogens with zero attached hydrogens (tertiary/aromatic N) is 2. The minimum atomic E-state index is -3.71. The summed E-state index contributed by atoms with van der Waals surface area (Å²) in [6.07, 6.45) is 2.18. The SMILES string of the molecule is C[C@@H](NC(=O)c1cc(C(=O)N[C@@H](Cc2ccccc2)[C@H](O)CNCc2cnc3ccccc3c2)cc(N(C)S(C)(=O)=O)c1)c1ccccc1. The highest BCUT2D eigenvalue weighted by Gasteiger charge is 2.25. The number of carbonyl (C=O) groups is 2. The van der Waals surface area contributed by atoms with Gasteiger partial charge in [0.25, 0.3) is 11.8 Å². The van der Waals surface area contributed by atoms with E-state index in [-0.39, 0.29) is 29.4 Å². The van der Waals surface area contributed by atoms with Crippen molar-refractivity contribution in [3.05, 3.63) is 143 Å². The van der Waals surface area contributed by atoms with Crippen LogP contribution < -0.4 is 20.3 Å². The van der Waals surface area contributed by atoms with Gasteiger partial charge in [-0.1, -0.05) is 78.9 Å². The predicted octanol–water partition coefficient (Wildman–Crippen LogP) is 4.61. The van der Waals surface area contributed by atoms with Gasteiger partial charge < -0.3 is 21.1 Å². The number of aliphatic hydroxyl groups is 1. The van der Waals surface area contributed by atoms with Crippen molar-refractivity contribution in [2.75, 3.05) is 24.2 Å². The number of pyridine rings is 1. The molecule has 0 aliphatic heterocycles. The Labute approximate surface area is 287 Å². The molecule has 0 aliphatic carbocycles. The van der Waals surface area contributed by atoms with E-state index in [0.717, 1.165) is 38.2 Å². The third-order valence-corrected chi connectivity index (χ3v) is 9.57. The summed E-state index contributed by atoms with van der Waals surface area (Å²) in [4.78, 5) is 31.8. The zero-order valence-corrected chi connectivity index (χ0v) is 28.5. The standard InChI is InChI=1S/C38H41N5O5S/c1-26(29-14-8-5-9-15-29)41-37(45)31-20-32(22-33(21-31)43(2)49(3,47)48)38(46)42-35(19-27-12-6-4-7-13-27)36(44)25-39-23-28-18-30-16-10-11-17-34(30)40-24-28/h4-18,20-22,24,26,35-36,39,44H,19,23,25H2,1-3H3,(H,41,45)(H,42,46)/t26-,35+,36-/m1/s1. The number of fused-ring (bicyclic) bond motifs is 1. The number of hydrogen-bond donors (Lipinski definition) is 4. The molecule has 0 spiro atoms. The van der Waals surface area contributed by atoms with Crippen LogP contribution in [0.15, 0.2) is 115 Å². The molecule has 254 valence electrons. The summed E-state index contributed by atoms with van der Waals surface area (Å²) in [6, 6.07) is 32.0. The first-order valence-corrected chi connectivity index (χ1v) is 17.8. The number of amides is 2. The van der Waals surface area contributed by atoms with Gasteiger partial charge in [0.2, 0.25) is 10.0 Å². The molecule has 0 radical (unpaired) electrons. The van der Waals surface area contributed by atoms with Crippen LogP contribution in [-0.2, 0) is 23.0 Å². The van der Waals surface area contributed by atoms with Gasteiger partial charge in [0, 0.05) is 42.8 Å². The summed E-state index contributed by atoms with van der Waals surface area (Å²) in [7, 11) is -2.35. The molecule has 49 heavy (non-hydrogen) atoms. The highest BCUT2D eigenvalue weighted by atomic mass is 32.2. The molecule has 4 N–H and O–H groups in total. The lowest BCUT2D eigenvalue weighted by Gasteiger charge is -2.25. The summed E-state index contributed by atoms with van der Waals surface area (Å²) < 4.78 is 26.0. The molecule has 0 aliphatic rings. The van der Waals surface area contributed by atoms with Crippen LogP contribution in [0.4, 0.5) is 5.69 Å². The van der Waals surface area contributed by atoms with Gasteiger partial charge in [-0.25, -0.2) is 8.42 Å². The Balaban J connectivity index is 1.36. The smallest absolute Gasteiger partial charge is 0.251 e. The first-order chi connectivity index (χ1) is 23.5. The molecule has 2 amide bonds. The molecule has 0 saturated heterocycles. The molecule has 0 saturated carbocycles. The quantitative estimate of drug-likeness (QED) is 0.134. The van der Waals surface area contributed by atoms with Crippen LogP contribution >= 0.6 is 0 Å². The fourth-order valence-electron chi connectivity index (χ4n) is 5.47. The van der Waals surface area contributed by atoms with Gasteiger partial charge >= 0.3 is 0 Å². The fraction of sp³-hybridized carbons (Fsp3) is 0.237. The Morgan fingerprint density at radius 1 is 0.816 bits per heavy atom. The lowest BCUT2D eigenvalue weighted by molar-refractivity contribution is 0.0830. The van der Waals surface area contributed by atoms with E-state index >= 15 is 0 Å². The zero-order valence-electron chi connectivity index (χ0n) is 27.7. The van der Waals surface area contributed by atoms with Crippen molar-refractivity contribution in [3.8, 4) is 0 Å². The van der Waals surface area contributed by atoms with Crippen LogP contribution in [0.25, 0.3) is 10.9 Å². The van der Waals surface area contributed by atoms with Crippen molar-refractivity contribution in [1.82, 2.24) is 20.9 Å². The van der Waals surface area contributed by atoms with Crippen LogP contribution in [0.3, 0.4) is 0 Å². The minimum absolute atomic E-state index is 0.0750. The number of anilines is 1. The van der Waals surface area contributed by atoms with Crippen LogP contribution in [0.1, 0.15) is 50.4 Å². The van der Waals surface area contributed by atoms with Crippen LogP contribution in [-0.4, -0.2) is 62.3 Å². The number of sulfonamides is 1. The predicted molar refractivity (Wildman–Crippen MR) is 193 cm³/mol. The first-order valence-electron chi connectivity index (χ1n) is 16.0. The number of para-hydroxylation sites is 1. The number of hydrogen-bond acceptors (Lipinski definition) is 7. The molecule has 4 aromatic carbocycles. The molecular weight excluding hydrogens is 639 g/mol. The Morgan fingerprint density at radius 3 is 2.10 bits per heavy atom.